The van der Waals surface area contributed by atoms with Crippen LogP contribution in [-0.2, 0) is 22.7 Å². The summed E-state index contributed by atoms with van der Waals surface area (Å²) < 4.78 is 6.03. The SMILES string of the molecule is O=C1CCC(N2Cc3c(cccc3-c3cccc4c3OCCNC4)C2=O)C(=O)N1. The molecular formula is C22H21N3O4. The highest BCUT2D eigenvalue weighted by Crippen LogP contribution is 2.40. The van der Waals surface area contributed by atoms with E-state index in [1.165, 1.54) is 0 Å². The number of hydrogen-bond donors (Lipinski definition) is 2. The second-order valence-electron chi connectivity index (χ2n) is 7.55. The molecule has 1 saturated heterocycles. The first-order chi connectivity index (χ1) is 14.1. The number of amides is 3. The number of rotatable bonds is 2. The monoisotopic (exact) mass is 391 g/mol. The van der Waals surface area contributed by atoms with Gasteiger partial charge in [0.25, 0.3) is 5.91 Å². The minimum Gasteiger partial charge on any atom is -0.491 e. The number of hydrogen-bond acceptors (Lipinski definition) is 5. The van der Waals surface area contributed by atoms with Crippen LogP contribution in [0.3, 0.4) is 0 Å². The average Bonchev–Trinajstić information content (AvgIpc) is 2.90. The fourth-order valence-corrected chi connectivity index (χ4v) is 4.39. The number of nitrogens with one attached hydrogen (secondary N) is 2. The second kappa shape index (κ2) is 7.00. The maximum Gasteiger partial charge on any atom is 0.255 e. The summed E-state index contributed by atoms with van der Waals surface area (Å²) in [5, 5.41) is 5.69. The zero-order chi connectivity index (χ0) is 20.0. The fourth-order valence-electron chi connectivity index (χ4n) is 4.39. The Morgan fingerprint density at radius 3 is 2.66 bits per heavy atom. The number of benzene rings is 2. The molecular weight excluding hydrogens is 370 g/mol. The molecule has 1 fully saturated rings. The van der Waals surface area contributed by atoms with Gasteiger partial charge in [-0.2, -0.15) is 0 Å². The predicted molar refractivity (Wildman–Crippen MR) is 105 cm³/mol. The lowest BCUT2D eigenvalue weighted by Gasteiger charge is -2.29. The van der Waals surface area contributed by atoms with E-state index in [0.29, 0.717) is 25.1 Å². The maximum atomic E-state index is 13.1. The molecule has 3 heterocycles. The Hall–Kier alpha value is -3.19. The molecule has 0 radical (unpaired) electrons. The topological polar surface area (TPSA) is 87.7 Å². The lowest BCUT2D eigenvalue weighted by molar-refractivity contribution is -0.136. The van der Waals surface area contributed by atoms with E-state index in [-0.39, 0.29) is 18.2 Å². The second-order valence-corrected chi connectivity index (χ2v) is 7.55. The molecule has 2 N–H and O–H groups in total. The van der Waals surface area contributed by atoms with Gasteiger partial charge in [0, 0.05) is 42.7 Å². The van der Waals surface area contributed by atoms with Crippen LogP contribution in [-0.4, -0.2) is 41.8 Å². The minimum atomic E-state index is -0.617. The number of carbonyl (C=O) groups excluding carboxylic acids is 3. The molecule has 29 heavy (non-hydrogen) atoms. The van der Waals surface area contributed by atoms with Gasteiger partial charge in [-0.1, -0.05) is 30.3 Å². The average molecular weight is 391 g/mol. The highest BCUT2D eigenvalue weighted by atomic mass is 16.5. The van der Waals surface area contributed by atoms with Crippen LogP contribution in [0.25, 0.3) is 11.1 Å². The zero-order valence-electron chi connectivity index (χ0n) is 15.9. The van der Waals surface area contributed by atoms with Crippen LogP contribution in [0.4, 0.5) is 0 Å². The van der Waals surface area contributed by atoms with E-state index in [4.69, 9.17) is 4.74 Å². The summed E-state index contributed by atoms with van der Waals surface area (Å²) in [6.45, 7) is 2.45. The molecule has 3 aliphatic rings. The van der Waals surface area contributed by atoms with Crippen molar-refractivity contribution in [2.75, 3.05) is 13.2 Å². The highest BCUT2D eigenvalue weighted by Gasteiger charge is 2.40. The van der Waals surface area contributed by atoms with E-state index < -0.39 is 11.9 Å². The molecule has 3 amide bonds. The van der Waals surface area contributed by atoms with Gasteiger partial charge in [0.2, 0.25) is 11.8 Å². The first-order valence-corrected chi connectivity index (χ1v) is 9.86. The summed E-state index contributed by atoms with van der Waals surface area (Å²) in [6.07, 6.45) is 0.603. The van der Waals surface area contributed by atoms with Gasteiger partial charge in [0.05, 0.1) is 0 Å². The molecule has 3 aliphatic heterocycles. The van der Waals surface area contributed by atoms with Crippen molar-refractivity contribution in [1.29, 1.82) is 0 Å². The first-order valence-electron chi connectivity index (χ1n) is 9.86. The molecule has 0 bridgehead atoms. The molecule has 5 rings (SSSR count). The van der Waals surface area contributed by atoms with E-state index in [1.54, 1.807) is 11.0 Å². The number of nitrogens with zero attached hydrogens (tertiary/aromatic N) is 1. The predicted octanol–water partition coefficient (Wildman–Crippen LogP) is 1.60. The van der Waals surface area contributed by atoms with Gasteiger partial charge in [-0.15, -0.1) is 0 Å². The third-order valence-corrected chi connectivity index (χ3v) is 5.81. The van der Waals surface area contributed by atoms with Crippen molar-refractivity contribution in [2.24, 2.45) is 0 Å². The van der Waals surface area contributed by atoms with Gasteiger partial charge in [0.15, 0.2) is 0 Å². The van der Waals surface area contributed by atoms with Gasteiger partial charge in [-0.05, 0) is 23.6 Å². The summed E-state index contributed by atoms with van der Waals surface area (Å²) in [5.74, 6) is -0.000428. The first kappa shape index (κ1) is 17.9. The molecule has 148 valence electrons. The van der Waals surface area contributed by atoms with Crippen molar-refractivity contribution in [3.8, 4) is 16.9 Å². The molecule has 2 aromatic carbocycles. The van der Waals surface area contributed by atoms with Gasteiger partial charge in [-0.3, -0.25) is 19.7 Å². The van der Waals surface area contributed by atoms with Crippen molar-refractivity contribution in [1.82, 2.24) is 15.5 Å². The summed E-state index contributed by atoms with van der Waals surface area (Å²) >= 11 is 0. The fraction of sp³-hybridized carbons (Fsp3) is 0.318. The van der Waals surface area contributed by atoms with E-state index in [2.05, 4.69) is 10.6 Å². The van der Waals surface area contributed by atoms with E-state index in [1.807, 2.05) is 30.3 Å². The molecule has 0 aliphatic carbocycles. The molecule has 7 heteroatoms. The largest absolute Gasteiger partial charge is 0.491 e. The molecule has 0 spiro atoms. The van der Waals surface area contributed by atoms with Crippen LogP contribution in [0.5, 0.6) is 5.75 Å². The minimum absolute atomic E-state index is 0.166. The van der Waals surface area contributed by atoms with Gasteiger partial charge >= 0.3 is 0 Å². The van der Waals surface area contributed by atoms with Crippen molar-refractivity contribution in [3.05, 3.63) is 53.1 Å². The Balaban J connectivity index is 1.54. The molecule has 1 atom stereocenters. The quantitative estimate of drug-likeness (QED) is 0.760. The Labute approximate surface area is 168 Å². The number of para-hydroxylation sites is 1. The van der Waals surface area contributed by atoms with Crippen molar-refractivity contribution >= 4 is 17.7 Å². The van der Waals surface area contributed by atoms with Gasteiger partial charge in [-0.25, -0.2) is 0 Å². The zero-order valence-corrected chi connectivity index (χ0v) is 15.9. The Morgan fingerprint density at radius 2 is 1.79 bits per heavy atom. The lowest BCUT2D eigenvalue weighted by atomic mass is 9.94. The van der Waals surface area contributed by atoms with Crippen molar-refractivity contribution < 1.29 is 19.1 Å². The number of ether oxygens (including phenoxy) is 1. The molecule has 0 aromatic heterocycles. The molecule has 1 unspecified atom stereocenters. The Kier molecular flexibility index (Phi) is 4.32. The van der Waals surface area contributed by atoms with Crippen LogP contribution in [0.1, 0.15) is 34.3 Å². The highest BCUT2D eigenvalue weighted by molar-refractivity contribution is 6.06. The summed E-state index contributed by atoms with van der Waals surface area (Å²) in [4.78, 5) is 38.5. The van der Waals surface area contributed by atoms with Gasteiger partial charge < -0.3 is 15.0 Å². The van der Waals surface area contributed by atoms with E-state index in [0.717, 1.165) is 41.1 Å². The van der Waals surface area contributed by atoms with Crippen LogP contribution in [0.15, 0.2) is 36.4 Å². The third-order valence-electron chi connectivity index (χ3n) is 5.81. The third kappa shape index (κ3) is 2.98. The summed E-state index contributed by atoms with van der Waals surface area (Å²) in [5.41, 5.74) is 4.50. The van der Waals surface area contributed by atoms with Crippen LogP contribution in [0.2, 0.25) is 0 Å². The number of imide groups is 1. The molecule has 2 aromatic rings. The summed E-state index contributed by atoms with van der Waals surface area (Å²) in [6, 6.07) is 11.1. The molecule has 0 saturated carbocycles. The standard InChI is InChI=1S/C22H21N3O4/c26-19-8-7-18(21(27)24-19)25-12-17-14(4-2-6-16(17)22(25)28)15-5-1-3-13-11-23-9-10-29-20(13)15/h1-6,18,23H,7-12H2,(H,24,26,27). The van der Waals surface area contributed by atoms with Crippen molar-refractivity contribution in [3.63, 3.8) is 0 Å². The Morgan fingerprint density at radius 1 is 1.00 bits per heavy atom. The number of fused-ring (bicyclic) bond motifs is 2. The van der Waals surface area contributed by atoms with Crippen molar-refractivity contribution in [2.45, 2.75) is 32.0 Å². The molecule has 7 nitrogen and oxygen atoms in total. The van der Waals surface area contributed by atoms with Crippen LogP contribution in [0, 0.1) is 0 Å². The smallest absolute Gasteiger partial charge is 0.255 e. The van der Waals surface area contributed by atoms with E-state index >= 15 is 0 Å². The van der Waals surface area contributed by atoms with Gasteiger partial charge in [0.1, 0.15) is 18.4 Å². The van der Waals surface area contributed by atoms with Crippen LogP contribution >= 0.6 is 0 Å². The van der Waals surface area contributed by atoms with Crippen LogP contribution < -0.4 is 15.4 Å². The maximum absolute atomic E-state index is 13.1. The lowest BCUT2D eigenvalue weighted by Crippen LogP contribution is -2.52. The number of piperidine rings is 1. The summed E-state index contributed by atoms with van der Waals surface area (Å²) in [7, 11) is 0. The number of carbonyl (C=O) groups is 3. The van der Waals surface area contributed by atoms with E-state index in [9.17, 15) is 14.4 Å². The normalized spacial score (nSPS) is 21.2. The Bertz CT molecular complexity index is 1030.